The number of carbonyl (C=O) groups excluding carboxylic acids is 2. The molecule has 1 N–H and O–H groups in total. The number of rotatable bonds is 2. The maximum absolute atomic E-state index is 12.4. The number of hydrogen-bond acceptors (Lipinski definition) is 3. The first-order chi connectivity index (χ1) is 10.5. The zero-order valence-electron chi connectivity index (χ0n) is 11.3. The molecule has 22 heavy (non-hydrogen) atoms. The zero-order valence-corrected chi connectivity index (χ0v) is 12.8. The lowest BCUT2D eigenvalue weighted by Crippen LogP contribution is -2.29. The Morgan fingerprint density at radius 2 is 1.95 bits per heavy atom. The molecule has 0 saturated carbocycles. The van der Waals surface area contributed by atoms with Crippen molar-refractivity contribution in [1.82, 2.24) is 0 Å². The van der Waals surface area contributed by atoms with Crippen LogP contribution >= 0.6 is 23.2 Å². The quantitative estimate of drug-likeness (QED) is 0.666. The standard InChI is InChI=1S/C16H11Cl2NO3/c17-9-5-6-14(12(18)7-9)22-16(21)11-8-15(20)19-13-4-2-1-3-10(11)13/h1-7,11H,8H2,(H,19,20). The number of fused-ring (bicyclic) bond motifs is 1. The zero-order chi connectivity index (χ0) is 15.7. The molecule has 112 valence electrons. The second-order valence-corrected chi connectivity index (χ2v) is 5.73. The first-order valence-electron chi connectivity index (χ1n) is 6.60. The molecule has 0 spiro atoms. The van der Waals surface area contributed by atoms with Gasteiger partial charge in [0.1, 0.15) is 5.75 Å². The molecule has 0 bridgehead atoms. The van der Waals surface area contributed by atoms with Gasteiger partial charge in [-0.15, -0.1) is 0 Å². The summed E-state index contributed by atoms with van der Waals surface area (Å²) in [6, 6.07) is 11.8. The molecule has 1 unspecified atom stereocenters. The van der Waals surface area contributed by atoms with E-state index in [0.717, 1.165) is 5.56 Å². The fraction of sp³-hybridized carbons (Fsp3) is 0.125. The monoisotopic (exact) mass is 335 g/mol. The lowest BCUT2D eigenvalue weighted by molar-refractivity contribution is -0.138. The van der Waals surface area contributed by atoms with Gasteiger partial charge in [0.05, 0.1) is 10.9 Å². The number of amides is 1. The maximum Gasteiger partial charge on any atom is 0.319 e. The average Bonchev–Trinajstić information content (AvgIpc) is 2.49. The van der Waals surface area contributed by atoms with E-state index in [2.05, 4.69) is 5.32 Å². The average molecular weight is 336 g/mol. The first-order valence-corrected chi connectivity index (χ1v) is 7.35. The largest absolute Gasteiger partial charge is 0.424 e. The predicted octanol–water partition coefficient (Wildman–Crippen LogP) is 4.02. The molecule has 0 fully saturated rings. The van der Waals surface area contributed by atoms with Gasteiger partial charge in [0.15, 0.2) is 0 Å². The third-order valence-corrected chi connectivity index (χ3v) is 3.92. The Morgan fingerprint density at radius 1 is 1.18 bits per heavy atom. The number of esters is 1. The van der Waals surface area contributed by atoms with E-state index in [0.29, 0.717) is 10.7 Å². The number of para-hydroxylation sites is 1. The molecule has 4 nitrogen and oxygen atoms in total. The topological polar surface area (TPSA) is 55.4 Å². The lowest BCUT2D eigenvalue weighted by Gasteiger charge is -2.24. The normalized spacial score (nSPS) is 16.6. The molecule has 1 aliphatic rings. The molecule has 0 radical (unpaired) electrons. The van der Waals surface area contributed by atoms with Crippen LogP contribution in [-0.2, 0) is 9.59 Å². The Labute approximate surface area is 137 Å². The van der Waals surface area contributed by atoms with E-state index in [4.69, 9.17) is 27.9 Å². The van der Waals surface area contributed by atoms with Crippen molar-refractivity contribution in [3.8, 4) is 5.75 Å². The van der Waals surface area contributed by atoms with Crippen LogP contribution in [0, 0.1) is 0 Å². The Kier molecular flexibility index (Phi) is 4.05. The predicted molar refractivity (Wildman–Crippen MR) is 84.5 cm³/mol. The molecule has 1 atom stereocenters. The van der Waals surface area contributed by atoms with Crippen molar-refractivity contribution in [1.29, 1.82) is 0 Å². The van der Waals surface area contributed by atoms with Crippen LogP contribution < -0.4 is 10.1 Å². The van der Waals surface area contributed by atoms with Crippen LogP contribution in [0.1, 0.15) is 17.9 Å². The van der Waals surface area contributed by atoms with E-state index >= 15 is 0 Å². The molecule has 1 heterocycles. The van der Waals surface area contributed by atoms with Gasteiger partial charge in [0.2, 0.25) is 5.91 Å². The number of anilines is 1. The molecule has 1 amide bonds. The highest BCUT2D eigenvalue weighted by atomic mass is 35.5. The molecule has 2 aromatic carbocycles. The fourth-order valence-electron chi connectivity index (χ4n) is 2.36. The minimum atomic E-state index is -0.656. The second kappa shape index (κ2) is 5.99. The number of halogens is 2. The van der Waals surface area contributed by atoms with Gasteiger partial charge in [0.25, 0.3) is 0 Å². The summed E-state index contributed by atoms with van der Waals surface area (Å²) in [5, 5.41) is 3.43. The molecule has 0 saturated heterocycles. The van der Waals surface area contributed by atoms with Gasteiger partial charge >= 0.3 is 5.97 Å². The summed E-state index contributed by atoms with van der Waals surface area (Å²) >= 11 is 11.8. The van der Waals surface area contributed by atoms with Crippen LogP contribution in [0.5, 0.6) is 5.75 Å². The summed E-state index contributed by atoms with van der Waals surface area (Å²) in [6.45, 7) is 0. The van der Waals surface area contributed by atoms with E-state index in [1.54, 1.807) is 24.3 Å². The van der Waals surface area contributed by atoms with E-state index < -0.39 is 11.9 Å². The second-order valence-electron chi connectivity index (χ2n) is 4.89. The maximum atomic E-state index is 12.4. The van der Waals surface area contributed by atoms with Gasteiger partial charge in [-0.2, -0.15) is 0 Å². The van der Waals surface area contributed by atoms with Gasteiger partial charge < -0.3 is 10.1 Å². The molecule has 6 heteroatoms. The summed E-state index contributed by atoms with van der Waals surface area (Å²) in [5.74, 6) is -1.18. The minimum absolute atomic E-state index is 0.0427. The van der Waals surface area contributed by atoms with Gasteiger partial charge in [-0.3, -0.25) is 9.59 Å². The van der Waals surface area contributed by atoms with Crippen LogP contribution in [0.15, 0.2) is 42.5 Å². The van der Waals surface area contributed by atoms with Gasteiger partial charge in [-0.25, -0.2) is 0 Å². The number of benzene rings is 2. The van der Waals surface area contributed by atoms with Crippen LogP contribution in [0.3, 0.4) is 0 Å². The van der Waals surface area contributed by atoms with Crippen molar-refractivity contribution in [2.45, 2.75) is 12.3 Å². The van der Waals surface area contributed by atoms with Crippen molar-refractivity contribution in [3.05, 3.63) is 58.1 Å². The van der Waals surface area contributed by atoms with Gasteiger partial charge in [-0.05, 0) is 29.8 Å². The molecule has 1 aliphatic heterocycles. The van der Waals surface area contributed by atoms with Crippen LogP contribution in [0.4, 0.5) is 5.69 Å². The van der Waals surface area contributed by atoms with Crippen LogP contribution in [0.2, 0.25) is 10.0 Å². The Morgan fingerprint density at radius 3 is 2.73 bits per heavy atom. The van der Waals surface area contributed by atoms with Crippen LogP contribution in [-0.4, -0.2) is 11.9 Å². The minimum Gasteiger partial charge on any atom is -0.424 e. The molecule has 0 aromatic heterocycles. The highest BCUT2D eigenvalue weighted by Gasteiger charge is 2.32. The molecular weight excluding hydrogens is 325 g/mol. The van der Waals surface area contributed by atoms with E-state index in [-0.39, 0.29) is 23.1 Å². The van der Waals surface area contributed by atoms with Crippen LogP contribution in [0.25, 0.3) is 0 Å². The Hall–Kier alpha value is -2.04. The smallest absolute Gasteiger partial charge is 0.319 e. The van der Waals surface area contributed by atoms with Gasteiger partial charge in [-0.1, -0.05) is 41.4 Å². The summed E-state index contributed by atoms with van der Waals surface area (Å²) < 4.78 is 5.34. The molecule has 0 aliphatic carbocycles. The number of nitrogens with one attached hydrogen (secondary N) is 1. The SMILES string of the molecule is O=C1CC(C(=O)Oc2ccc(Cl)cc2Cl)c2ccccc2N1. The number of hydrogen-bond donors (Lipinski definition) is 1. The Balaban J connectivity index is 1.88. The van der Waals surface area contributed by atoms with Crippen molar-refractivity contribution in [2.24, 2.45) is 0 Å². The third kappa shape index (κ3) is 2.93. The van der Waals surface area contributed by atoms with Gasteiger partial charge in [0, 0.05) is 17.1 Å². The summed E-state index contributed by atoms with van der Waals surface area (Å²) in [7, 11) is 0. The van der Waals surface area contributed by atoms with E-state index in [1.807, 2.05) is 6.07 Å². The molecule has 3 rings (SSSR count). The first kappa shape index (κ1) is 14.9. The van der Waals surface area contributed by atoms with Crippen molar-refractivity contribution in [3.63, 3.8) is 0 Å². The van der Waals surface area contributed by atoms with Crippen molar-refractivity contribution < 1.29 is 14.3 Å². The van der Waals surface area contributed by atoms with E-state index in [9.17, 15) is 9.59 Å². The van der Waals surface area contributed by atoms with Crippen molar-refractivity contribution in [2.75, 3.05) is 5.32 Å². The van der Waals surface area contributed by atoms with Crippen molar-refractivity contribution >= 4 is 40.8 Å². The highest BCUT2D eigenvalue weighted by molar-refractivity contribution is 6.35. The third-order valence-electron chi connectivity index (χ3n) is 3.39. The number of ether oxygens (including phenoxy) is 1. The summed E-state index contributed by atoms with van der Waals surface area (Å²) in [5.41, 5.74) is 1.36. The molecular formula is C16H11Cl2NO3. The number of carbonyl (C=O) groups is 2. The van der Waals surface area contributed by atoms with E-state index in [1.165, 1.54) is 12.1 Å². The molecule has 2 aromatic rings. The fourth-order valence-corrected chi connectivity index (χ4v) is 2.81. The lowest BCUT2D eigenvalue weighted by atomic mass is 9.91. The summed E-state index contributed by atoms with van der Waals surface area (Å²) in [4.78, 5) is 24.2. The summed E-state index contributed by atoms with van der Waals surface area (Å²) in [6.07, 6.45) is 0.0427. The Bertz CT molecular complexity index is 761. The highest BCUT2D eigenvalue weighted by Crippen LogP contribution is 2.34.